The number of fused-ring (bicyclic) bond motifs is 1. The number of aromatic nitrogens is 5. The molecule has 0 atom stereocenters. The molecular formula is C20H21N9OS. The number of H-pyrrole nitrogens is 1. The molecule has 158 valence electrons. The predicted octanol–water partition coefficient (Wildman–Crippen LogP) is 5.75. The molecule has 0 unspecified atom stereocenters. The van der Waals surface area contributed by atoms with E-state index in [1.807, 2.05) is 32.9 Å². The summed E-state index contributed by atoms with van der Waals surface area (Å²) in [4.78, 5) is 19.2. The fourth-order valence-corrected chi connectivity index (χ4v) is 3.38. The third-order valence-corrected chi connectivity index (χ3v) is 4.89. The molecule has 0 fully saturated rings. The summed E-state index contributed by atoms with van der Waals surface area (Å²) in [5.74, 6) is 0.381. The quantitative estimate of drug-likeness (QED) is 0.313. The summed E-state index contributed by atoms with van der Waals surface area (Å²) in [6.07, 6.45) is 0. The van der Waals surface area contributed by atoms with Gasteiger partial charge in [-0.1, -0.05) is 13.8 Å². The summed E-state index contributed by atoms with van der Waals surface area (Å²) in [6.45, 7) is 16.3. The number of amides is 1. The topological polar surface area (TPSA) is 117 Å². The van der Waals surface area contributed by atoms with Crippen LogP contribution in [-0.4, -0.2) is 30.1 Å². The molecule has 0 saturated heterocycles. The zero-order valence-corrected chi connectivity index (χ0v) is 18.6. The smallest absolute Gasteiger partial charge is 0.247 e. The average molecular weight is 436 g/mol. The van der Waals surface area contributed by atoms with Crippen LogP contribution in [0.2, 0.25) is 0 Å². The number of benzene rings is 1. The third-order valence-electron chi connectivity index (χ3n) is 4.08. The Morgan fingerprint density at radius 1 is 1.23 bits per heavy atom. The van der Waals surface area contributed by atoms with Crippen LogP contribution in [0, 0.1) is 20.4 Å². The molecule has 31 heavy (non-hydrogen) atoms. The van der Waals surface area contributed by atoms with Crippen LogP contribution in [0.1, 0.15) is 32.2 Å². The van der Waals surface area contributed by atoms with E-state index in [2.05, 4.69) is 39.9 Å². The lowest BCUT2D eigenvalue weighted by atomic mass is 10.2. The molecule has 4 aromatic rings. The van der Waals surface area contributed by atoms with Crippen molar-refractivity contribution >= 4 is 45.2 Å². The van der Waals surface area contributed by atoms with Crippen molar-refractivity contribution < 1.29 is 4.79 Å². The van der Waals surface area contributed by atoms with Crippen molar-refractivity contribution in [3.8, 4) is 11.4 Å². The lowest BCUT2D eigenvalue weighted by molar-refractivity contribution is -0.114. The van der Waals surface area contributed by atoms with Crippen LogP contribution in [-0.2, 0) is 4.79 Å². The van der Waals surface area contributed by atoms with Crippen LogP contribution in [0.25, 0.3) is 21.9 Å². The molecule has 0 radical (unpaired) electrons. The number of carbonyl (C=O) groups is 1. The minimum atomic E-state index is -0.130. The van der Waals surface area contributed by atoms with Gasteiger partial charge < -0.3 is 5.32 Å². The summed E-state index contributed by atoms with van der Waals surface area (Å²) in [5, 5.41) is 19.2. The highest BCUT2D eigenvalue weighted by atomic mass is 32.1. The first-order chi connectivity index (χ1) is 15.0. The lowest BCUT2D eigenvalue weighted by Gasteiger charge is -2.01. The van der Waals surface area contributed by atoms with Crippen LogP contribution in [0.5, 0.6) is 0 Å². The number of nitrogens with one attached hydrogen (secondary N) is 2. The average Bonchev–Trinajstić information content (AvgIpc) is 3.40. The normalized spacial score (nSPS) is 10.7. The van der Waals surface area contributed by atoms with E-state index >= 15 is 0 Å². The molecule has 1 aromatic carbocycles. The van der Waals surface area contributed by atoms with Crippen molar-refractivity contribution in [1.29, 1.82) is 0 Å². The number of hydrogen-bond acceptors (Lipinski definition) is 7. The summed E-state index contributed by atoms with van der Waals surface area (Å²) < 4.78 is 5.68. The van der Waals surface area contributed by atoms with E-state index in [0.29, 0.717) is 39.2 Å². The Kier molecular flexibility index (Phi) is 6.52. The standard InChI is InChI=1S/C18H15N9OS.C2H6/c1-9-14(22-23-18-15(19-4)10(2)26-29-18)17-21-16(25-27(17)24-9)12-5-7-13(8-6-12)20-11(3)28;1-2/h5-8,24H,1-3H3,(H,20,28);1-2H3. The number of aromatic amines is 1. The first-order valence-electron chi connectivity index (χ1n) is 9.55. The third kappa shape index (κ3) is 4.49. The molecule has 0 aliphatic rings. The Hall–Kier alpha value is -3.91. The first-order valence-corrected chi connectivity index (χ1v) is 10.3. The Morgan fingerprint density at radius 2 is 1.94 bits per heavy atom. The van der Waals surface area contributed by atoms with Gasteiger partial charge >= 0.3 is 0 Å². The van der Waals surface area contributed by atoms with Gasteiger partial charge in [0.25, 0.3) is 0 Å². The maximum atomic E-state index is 11.1. The zero-order chi connectivity index (χ0) is 22.5. The van der Waals surface area contributed by atoms with Crippen molar-refractivity contribution in [2.45, 2.75) is 34.6 Å². The van der Waals surface area contributed by atoms with Crippen molar-refractivity contribution in [3.05, 3.63) is 47.1 Å². The van der Waals surface area contributed by atoms with Gasteiger partial charge in [-0.2, -0.15) is 4.63 Å². The predicted molar refractivity (Wildman–Crippen MR) is 120 cm³/mol. The second-order valence-electron chi connectivity index (χ2n) is 6.25. The molecule has 11 heteroatoms. The number of aryl methyl sites for hydroxylation is 2. The maximum Gasteiger partial charge on any atom is 0.247 e. The highest BCUT2D eigenvalue weighted by Crippen LogP contribution is 2.37. The summed E-state index contributed by atoms with van der Waals surface area (Å²) in [5.41, 5.74) is 4.36. The van der Waals surface area contributed by atoms with Crippen LogP contribution in [0.4, 0.5) is 22.1 Å². The minimum absolute atomic E-state index is 0.130. The summed E-state index contributed by atoms with van der Waals surface area (Å²) >= 11 is 1.13. The van der Waals surface area contributed by atoms with Gasteiger partial charge in [0.2, 0.25) is 17.2 Å². The van der Waals surface area contributed by atoms with Gasteiger partial charge in [0.05, 0.1) is 18.0 Å². The van der Waals surface area contributed by atoms with E-state index in [-0.39, 0.29) is 5.91 Å². The van der Waals surface area contributed by atoms with Crippen LogP contribution < -0.4 is 5.32 Å². The zero-order valence-electron chi connectivity index (χ0n) is 17.8. The van der Waals surface area contributed by atoms with E-state index in [0.717, 1.165) is 22.8 Å². The second kappa shape index (κ2) is 9.27. The molecule has 10 nitrogen and oxygen atoms in total. The van der Waals surface area contributed by atoms with E-state index in [1.165, 1.54) is 11.6 Å². The molecule has 3 aromatic heterocycles. The molecule has 1 amide bonds. The Morgan fingerprint density at radius 3 is 2.58 bits per heavy atom. The van der Waals surface area contributed by atoms with Gasteiger partial charge in [0.1, 0.15) is 0 Å². The molecule has 3 heterocycles. The second-order valence-corrected chi connectivity index (χ2v) is 7.00. The molecule has 0 saturated carbocycles. The van der Waals surface area contributed by atoms with Gasteiger partial charge in [-0.3, -0.25) is 9.89 Å². The maximum absolute atomic E-state index is 11.1. The van der Waals surface area contributed by atoms with Gasteiger partial charge in [-0.25, -0.2) is 14.2 Å². The highest BCUT2D eigenvalue weighted by Gasteiger charge is 2.16. The van der Waals surface area contributed by atoms with E-state index in [1.54, 1.807) is 19.1 Å². The van der Waals surface area contributed by atoms with Gasteiger partial charge in [-0.05, 0) is 49.6 Å². The Bertz CT molecular complexity index is 1290. The van der Waals surface area contributed by atoms with E-state index in [9.17, 15) is 4.79 Å². The molecular weight excluding hydrogens is 414 g/mol. The molecule has 0 aliphatic carbocycles. The van der Waals surface area contributed by atoms with Crippen molar-refractivity contribution in [2.24, 2.45) is 10.2 Å². The highest BCUT2D eigenvalue weighted by molar-refractivity contribution is 7.10. The van der Waals surface area contributed by atoms with Gasteiger partial charge in [0, 0.05) is 18.2 Å². The largest absolute Gasteiger partial charge is 0.326 e. The molecule has 2 N–H and O–H groups in total. The van der Waals surface area contributed by atoms with Crippen molar-refractivity contribution in [3.63, 3.8) is 0 Å². The fourth-order valence-electron chi connectivity index (χ4n) is 2.71. The number of anilines is 1. The lowest BCUT2D eigenvalue weighted by Crippen LogP contribution is -2.05. The van der Waals surface area contributed by atoms with Gasteiger partial charge in [-0.15, -0.1) is 15.3 Å². The number of carbonyl (C=O) groups excluding carboxylic acids is 1. The van der Waals surface area contributed by atoms with Crippen LogP contribution in [0.15, 0.2) is 34.5 Å². The van der Waals surface area contributed by atoms with Gasteiger partial charge in [0.15, 0.2) is 16.5 Å². The molecule has 0 bridgehead atoms. The summed E-state index contributed by atoms with van der Waals surface area (Å²) in [6, 6.07) is 7.23. The number of hydrogen-bond donors (Lipinski definition) is 2. The number of nitrogens with zero attached hydrogens (tertiary/aromatic N) is 7. The van der Waals surface area contributed by atoms with Crippen molar-refractivity contribution in [1.82, 2.24) is 24.2 Å². The van der Waals surface area contributed by atoms with E-state index in [4.69, 9.17) is 6.57 Å². The molecule has 0 aliphatic heterocycles. The van der Waals surface area contributed by atoms with Crippen LogP contribution >= 0.6 is 11.5 Å². The molecule has 0 spiro atoms. The number of azo groups is 1. The van der Waals surface area contributed by atoms with E-state index < -0.39 is 0 Å². The van der Waals surface area contributed by atoms with Crippen LogP contribution in [0.3, 0.4) is 0 Å². The fraction of sp³-hybridized carbons (Fsp3) is 0.250. The SMILES string of the molecule is CC.[C-]#[N+]c1c(C)nsc1N=Nc1c(C)[nH]n2nc(-c3ccc(NC(C)=O)cc3)nc12. The van der Waals surface area contributed by atoms with Crippen molar-refractivity contribution in [2.75, 3.05) is 5.32 Å². The number of rotatable bonds is 4. The monoisotopic (exact) mass is 435 g/mol. The Balaban J connectivity index is 0.00000132. The molecule has 4 rings (SSSR count). The summed E-state index contributed by atoms with van der Waals surface area (Å²) in [7, 11) is 0. The minimum Gasteiger partial charge on any atom is -0.326 e. The first kappa shape index (κ1) is 21.8. The Labute approximate surface area is 183 Å².